The van der Waals surface area contributed by atoms with Gasteiger partial charge >= 0.3 is 6.03 Å². The zero-order valence-corrected chi connectivity index (χ0v) is 12.7. The van der Waals surface area contributed by atoms with E-state index in [4.69, 9.17) is 4.74 Å². The Morgan fingerprint density at radius 1 is 1.09 bits per heavy atom. The lowest BCUT2D eigenvalue weighted by molar-refractivity contribution is 0.241. The monoisotopic (exact) mass is 312 g/mol. The summed E-state index contributed by atoms with van der Waals surface area (Å²) in [6.07, 6.45) is 0. The van der Waals surface area contributed by atoms with Gasteiger partial charge in [-0.05, 0) is 42.0 Å². The van der Waals surface area contributed by atoms with Crippen LogP contribution in [0.1, 0.15) is 11.1 Å². The predicted molar refractivity (Wildman–Crippen MR) is 86.5 cm³/mol. The fourth-order valence-corrected chi connectivity index (χ4v) is 1.79. The van der Waals surface area contributed by atoms with Gasteiger partial charge in [0.2, 0.25) is 0 Å². The maximum atomic E-state index is 12.8. The molecule has 0 aliphatic rings. The van der Waals surface area contributed by atoms with Gasteiger partial charge in [0.25, 0.3) is 0 Å². The topological polar surface area (TPSA) is 50.4 Å². The van der Waals surface area contributed by atoms with Gasteiger partial charge in [0.15, 0.2) is 0 Å². The van der Waals surface area contributed by atoms with Crippen molar-refractivity contribution in [3.05, 3.63) is 65.5 Å². The molecule has 2 aromatic carbocycles. The molecule has 0 aromatic heterocycles. The quantitative estimate of drug-likeness (QED) is 0.853. The Bertz CT molecular complexity index is 701. The number of carbonyl (C=O) groups is 1. The lowest BCUT2D eigenvalue weighted by Crippen LogP contribution is -2.35. The van der Waals surface area contributed by atoms with Crippen LogP contribution in [0, 0.1) is 17.7 Å². The van der Waals surface area contributed by atoms with E-state index in [-0.39, 0.29) is 18.4 Å². The minimum Gasteiger partial charge on any atom is -0.497 e. The molecule has 118 valence electrons. The zero-order chi connectivity index (χ0) is 16.5. The number of ether oxygens (including phenoxy) is 1. The van der Waals surface area contributed by atoms with E-state index in [1.54, 1.807) is 19.2 Å². The molecule has 0 bridgehead atoms. The molecule has 2 amide bonds. The van der Waals surface area contributed by atoms with Gasteiger partial charge in [-0.1, -0.05) is 24.0 Å². The molecule has 0 atom stereocenters. The highest BCUT2D eigenvalue weighted by Crippen LogP contribution is 2.09. The van der Waals surface area contributed by atoms with Gasteiger partial charge in [-0.15, -0.1) is 0 Å². The standard InChI is InChI=1S/C18H17FN2O2/c1-23-17-10-6-14(7-11-17)3-2-12-20-18(22)21-13-15-4-8-16(19)9-5-15/h4-11H,12-13H2,1H3,(H2,20,21,22). The number of rotatable bonds is 4. The number of benzene rings is 2. The first-order valence-corrected chi connectivity index (χ1v) is 7.06. The SMILES string of the molecule is COc1ccc(C#CCNC(=O)NCc2ccc(F)cc2)cc1. The number of halogens is 1. The number of urea groups is 1. The van der Waals surface area contributed by atoms with Crippen LogP contribution < -0.4 is 15.4 Å². The molecular formula is C18H17FN2O2. The minimum atomic E-state index is -0.321. The van der Waals surface area contributed by atoms with Gasteiger partial charge in [0.05, 0.1) is 13.7 Å². The van der Waals surface area contributed by atoms with Crippen molar-refractivity contribution < 1.29 is 13.9 Å². The molecule has 4 nitrogen and oxygen atoms in total. The second kappa shape index (κ2) is 8.44. The summed E-state index contributed by atoms with van der Waals surface area (Å²) in [6.45, 7) is 0.569. The first kappa shape index (κ1) is 16.4. The van der Waals surface area contributed by atoms with Crippen LogP contribution in [-0.4, -0.2) is 19.7 Å². The van der Waals surface area contributed by atoms with E-state index in [1.165, 1.54) is 12.1 Å². The fourth-order valence-electron chi connectivity index (χ4n) is 1.79. The maximum absolute atomic E-state index is 12.8. The normalized spacial score (nSPS) is 9.48. The van der Waals surface area contributed by atoms with Gasteiger partial charge in [0, 0.05) is 12.1 Å². The highest BCUT2D eigenvalue weighted by molar-refractivity contribution is 5.74. The van der Waals surface area contributed by atoms with Gasteiger partial charge in [0.1, 0.15) is 11.6 Å². The number of nitrogens with one attached hydrogen (secondary N) is 2. The summed E-state index contributed by atoms with van der Waals surface area (Å²) in [6, 6.07) is 13.0. The summed E-state index contributed by atoms with van der Waals surface area (Å²) < 4.78 is 17.8. The Kier molecular flexibility index (Phi) is 6.01. The molecule has 0 spiro atoms. The average molecular weight is 312 g/mol. The molecule has 23 heavy (non-hydrogen) atoms. The highest BCUT2D eigenvalue weighted by atomic mass is 19.1. The summed E-state index contributed by atoms with van der Waals surface area (Å²) >= 11 is 0. The molecule has 0 radical (unpaired) electrons. The molecule has 0 aliphatic carbocycles. The smallest absolute Gasteiger partial charge is 0.315 e. The Labute approximate surface area is 134 Å². The Balaban J connectivity index is 1.72. The molecule has 0 heterocycles. The molecule has 0 saturated heterocycles. The third-order valence-electron chi connectivity index (χ3n) is 3.03. The van der Waals surface area contributed by atoms with Gasteiger partial charge in [-0.2, -0.15) is 0 Å². The molecule has 0 aliphatic heterocycles. The molecule has 0 unspecified atom stereocenters. The van der Waals surface area contributed by atoms with Crippen molar-refractivity contribution in [3.63, 3.8) is 0 Å². The van der Waals surface area contributed by atoms with Crippen molar-refractivity contribution in [1.29, 1.82) is 0 Å². The van der Waals surface area contributed by atoms with Crippen molar-refractivity contribution in [2.24, 2.45) is 0 Å². The Hall–Kier alpha value is -3.00. The van der Waals surface area contributed by atoms with E-state index in [2.05, 4.69) is 22.5 Å². The lowest BCUT2D eigenvalue weighted by Gasteiger charge is -2.05. The van der Waals surface area contributed by atoms with Crippen LogP contribution in [0.3, 0.4) is 0 Å². The van der Waals surface area contributed by atoms with E-state index < -0.39 is 0 Å². The molecule has 5 heteroatoms. The fraction of sp³-hybridized carbons (Fsp3) is 0.167. The van der Waals surface area contributed by atoms with Crippen molar-refractivity contribution in [1.82, 2.24) is 10.6 Å². The molecule has 0 fully saturated rings. The molecule has 0 saturated carbocycles. The Morgan fingerprint density at radius 3 is 2.43 bits per heavy atom. The third-order valence-corrected chi connectivity index (χ3v) is 3.03. The van der Waals surface area contributed by atoms with Gasteiger partial charge < -0.3 is 15.4 Å². The second-order valence-electron chi connectivity index (χ2n) is 4.69. The number of hydrogen-bond donors (Lipinski definition) is 2. The van der Waals surface area contributed by atoms with E-state index in [0.29, 0.717) is 6.54 Å². The largest absolute Gasteiger partial charge is 0.497 e. The predicted octanol–water partition coefficient (Wildman–Crippen LogP) is 2.69. The van der Waals surface area contributed by atoms with Crippen molar-refractivity contribution in [3.8, 4) is 17.6 Å². The van der Waals surface area contributed by atoms with Gasteiger partial charge in [-0.25, -0.2) is 9.18 Å². The third kappa shape index (κ3) is 5.71. The summed E-state index contributed by atoms with van der Waals surface area (Å²) in [7, 11) is 1.61. The first-order chi connectivity index (χ1) is 11.2. The molecule has 2 rings (SSSR count). The summed E-state index contributed by atoms with van der Waals surface area (Å²) in [5.41, 5.74) is 1.67. The number of methoxy groups -OCH3 is 1. The van der Waals surface area contributed by atoms with Crippen LogP contribution in [0.5, 0.6) is 5.75 Å². The first-order valence-electron chi connectivity index (χ1n) is 7.06. The van der Waals surface area contributed by atoms with Crippen molar-refractivity contribution >= 4 is 6.03 Å². The molecule has 2 aromatic rings. The van der Waals surface area contributed by atoms with Crippen LogP contribution in [-0.2, 0) is 6.54 Å². The summed E-state index contributed by atoms with van der Waals surface area (Å²) in [5, 5.41) is 5.31. The average Bonchev–Trinajstić information content (AvgIpc) is 2.59. The van der Waals surface area contributed by atoms with Crippen LogP contribution in [0.15, 0.2) is 48.5 Å². The van der Waals surface area contributed by atoms with E-state index in [0.717, 1.165) is 16.9 Å². The molecular weight excluding hydrogens is 295 g/mol. The van der Waals surface area contributed by atoms with Crippen LogP contribution >= 0.6 is 0 Å². The van der Waals surface area contributed by atoms with E-state index in [1.807, 2.05) is 24.3 Å². The van der Waals surface area contributed by atoms with Crippen molar-refractivity contribution in [2.45, 2.75) is 6.54 Å². The van der Waals surface area contributed by atoms with Crippen LogP contribution in [0.4, 0.5) is 9.18 Å². The van der Waals surface area contributed by atoms with E-state index >= 15 is 0 Å². The summed E-state index contributed by atoms with van der Waals surface area (Å²) in [4.78, 5) is 11.6. The number of amides is 2. The maximum Gasteiger partial charge on any atom is 0.315 e. The van der Waals surface area contributed by atoms with Crippen LogP contribution in [0.2, 0.25) is 0 Å². The minimum absolute atomic E-state index is 0.237. The van der Waals surface area contributed by atoms with Crippen LogP contribution in [0.25, 0.3) is 0 Å². The van der Waals surface area contributed by atoms with E-state index in [9.17, 15) is 9.18 Å². The highest BCUT2D eigenvalue weighted by Gasteiger charge is 1.99. The van der Waals surface area contributed by atoms with Gasteiger partial charge in [-0.3, -0.25) is 0 Å². The number of carbonyl (C=O) groups excluding carboxylic acids is 1. The summed E-state index contributed by atoms with van der Waals surface area (Å²) in [5.74, 6) is 6.28. The number of hydrogen-bond acceptors (Lipinski definition) is 2. The zero-order valence-electron chi connectivity index (χ0n) is 12.7. The molecule has 2 N–H and O–H groups in total. The van der Waals surface area contributed by atoms with Crippen molar-refractivity contribution in [2.75, 3.05) is 13.7 Å². The lowest BCUT2D eigenvalue weighted by atomic mass is 10.2. The Morgan fingerprint density at radius 2 is 1.78 bits per heavy atom. The second-order valence-corrected chi connectivity index (χ2v) is 4.69.